The number of hydrogen-bond acceptors (Lipinski definition) is 5. The number of benzene rings is 1. The zero-order valence-corrected chi connectivity index (χ0v) is 14.6. The summed E-state index contributed by atoms with van der Waals surface area (Å²) in [5, 5.41) is 11.2. The van der Waals surface area contributed by atoms with Crippen molar-refractivity contribution in [3.63, 3.8) is 0 Å². The first-order valence-electron chi connectivity index (χ1n) is 8.24. The van der Waals surface area contributed by atoms with Crippen molar-refractivity contribution in [2.24, 2.45) is 0 Å². The van der Waals surface area contributed by atoms with Gasteiger partial charge in [0.05, 0.1) is 16.6 Å². The second-order valence-corrected chi connectivity index (χ2v) is 6.73. The van der Waals surface area contributed by atoms with Gasteiger partial charge in [0.2, 0.25) is 0 Å². The summed E-state index contributed by atoms with van der Waals surface area (Å²) in [6, 6.07) is 10.1. The lowest BCUT2D eigenvalue weighted by Gasteiger charge is -2.05. The molecule has 0 atom stereocenters. The van der Waals surface area contributed by atoms with Crippen molar-refractivity contribution in [1.29, 1.82) is 0 Å². The van der Waals surface area contributed by atoms with E-state index in [0.29, 0.717) is 17.8 Å². The van der Waals surface area contributed by atoms with E-state index in [1.807, 2.05) is 19.1 Å². The predicted molar refractivity (Wildman–Crippen MR) is 99.0 cm³/mol. The van der Waals surface area contributed by atoms with Crippen LogP contribution >= 0.6 is 11.3 Å². The van der Waals surface area contributed by atoms with Crippen molar-refractivity contribution in [2.75, 3.05) is 6.54 Å². The van der Waals surface area contributed by atoms with Gasteiger partial charge in [0, 0.05) is 17.4 Å². The Morgan fingerprint density at radius 1 is 1.28 bits per heavy atom. The Bertz CT molecular complexity index is 1050. The van der Waals surface area contributed by atoms with Gasteiger partial charge in [0.15, 0.2) is 0 Å². The molecule has 0 aliphatic heterocycles. The van der Waals surface area contributed by atoms with E-state index in [2.05, 4.69) is 33.0 Å². The molecule has 4 rings (SSSR count). The van der Waals surface area contributed by atoms with Gasteiger partial charge in [0.1, 0.15) is 0 Å². The zero-order chi connectivity index (χ0) is 17.2. The summed E-state index contributed by atoms with van der Waals surface area (Å²) in [7, 11) is 0. The minimum Gasteiger partial charge on any atom is -0.352 e. The molecule has 0 saturated heterocycles. The van der Waals surface area contributed by atoms with Crippen LogP contribution in [0.5, 0.6) is 0 Å². The molecule has 0 saturated carbocycles. The van der Waals surface area contributed by atoms with Crippen LogP contribution in [0, 0.1) is 0 Å². The summed E-state index contributed by atoms with van der Waals surface area (Å²) in [4.78, 5) is 16.6. The Kier molecular flexibility index (Phi) is 4.19. The number of hydrogen-bond donors (Lipinski definition) is 1. The van der Waals surface area contributed by atoms with E-state index < -0.39 is 0 Å². The van der Waals surface area contributed by atoms with Gasteiger partial charge in [-0.05, 0) is 41.3 Å². The minimum absolute atomic E-state index is 0.128. The number of fused-ring (bicyclic) bond motifs is 2. The third-order valence-electron chi connectivity index (χ3n) is 4.24. The Labute approximate surface area is 148 Å². The number of nitrogens with one attached hydrogen (secondary N) is 1. The number of pyridine rings is 1. The number of aryl methyl sites for hydroxylation is 1. The Balaban J connectivity index is 1.45. The molecule has 3 aromatic heterocycles. The molecular weight excluding hydrogens is 334 g/mol. The highest BCUT2D eigenvalue weighted by Crippen LogP contribution is 2.25. The molecule has 0 aliphatic rings. The zero-order valence-electron chi connectivity index (χ0n) is 13.8. The van der Waals surface area contributed by atoms with Crippen LogP contribution in [0.4, 0.5) is 0 Å². The van der Waals surface area contributed by atoms with Crippen molar-refractivity contribution in [2.45, 2.75) is 19.8 Å². The van der Waals surface area contributed by atoms with E-state index in [1.165, 1.54) is 21.8 Å². The number of carbonyl (C=O) groups is 1. The predicted octanol–water partition coefficient (Wildman–Crippen LogP) is 3.97. The maximum Gasteiger partial charge on any atom is 0.257 e. The van der Waals surface area contributed by atoms with E-state index >= 15 is 0 Å². The van der Waals surface area contributed by atoms with Crippen molar-refractivity contribution in [1.82, 2.24) is 15.5 Å². The fourth-order valence-electron chi connectivity index (χ4n) is 2.90. The van der Waals surface area contributed by atoms with Crippen LogP contribution in [-0.2, 0) is 12.8 Å². The van der Waals surface area contributed by atoms with Gasteiger partial charge in [-0.15, -0.1) is 11.3 Å². The summed E-state index contributed by atoms with van der Waals surface area (Å²) in [6.07, 6.45) is 3.08. The Morgan fingerprint density at radius 3 is 3.04 bits per heavy atom. The SMILES string of the molecule is CCc1noc2ncc(C(=O)NCCc3csc4ccccc34)cc12. The summed E-state index contributed by atoms with van der Waals surface area (Å²) in [5.41, 5.74) is 3.09. The number of rotatable bonds is 5. The molecule has 126 valence electrons. The second-order valence-electron chi connectivity index (χ2n) is 5.82. The second kappa shape index (κ2) is 6.64. The van der Waals surface area contributed by atoms with Crippen LogP contribution in [-0.4, -0.2) is 22.6 Å². The fraction of sp³-hybridized carbons (Fsp3) is 0.211. The lowest BCUT2D eigenvalue weighted by atomic mass is 10.1. The molecule has 1 aromatic carbocycles. The van der Waals surface area contributed by atoms with Gasteiger partial charge >= 0.3 is 0 Å². The quantitative estimate of drug-likeness (QED) is 0.591. The van der Waals surface area contributed by atoms with E-state index in [-0.39, 0.29) is 5.91 Å². The molecule has 0 radical (unpaired) electrons. The van der Waals surface area contributed by atoms with Crippen LogP contribution in [0.3, 0.4) is 0 Å². The normalized spacial score (nSPS) is 11.2. The summed E-state index contributed by atoms with van der Waals surface area (Å²) < 4.78 is 6.43. The summed E-state index contributed by atoms with van der Waals surface area (Å²) in [6.45, 7) is 2.58. The van der Waals surface area contributed by atoms with Crippen LogP contribution in [0.15, 0.2) is 46.4 Å². The molecule has 1 N–H and O–H groups in total. The molecule has 0 bridgehead atoms. The van der Waals surface area contributed by atoms with Crippen molar-refractivity contribution in [3.05, 3.63) is 58.7 Å². The lowest BCUT2D eigenvalue weighted by molar-refractivity contribution is 0.0954. The van der Waals surface area contributed by atoms with E-state index in [4.69, 9.17) is 4.52 Å². The first kappa shape index (κ1) is 15.8. The van der Waals surface area contributed by atoms with Gasteiger partial charge in [-0.1, -0.05) is 30.3 Å². The third kappa shape index (κ3) is 3.00. The van der Waals surface area contributed by atoms with E-state index in [1.54, 1.807) is 17.4 Å². The molecule has 4 aromatic rings. The molecule has 6 heteroatoms. The van der Waals surface area contributed by atoms with Crippen LogP contribution in [0.25, 0.3) is 21.2 Å². The Morgan fingerprint density at radius 2 is 2.16 bits per heavy atom. The largest absolute Gasteiger partial charge is 0.352 e. The summed E-state index contributed by atoms with van der Waals surface area (Å²) in [5.74, 6) is -0.128. The fourth-order valence-corrected chi connectivity index (χ4v) is 3.89. The topological polar surface area (TPSA) is 68.0 Å². The van der Waals surface area contributed by atoms with Gasteiger partial charge in [-0.2, -0.15) is 0 Å². The van der Waals surface area contributed by atoms with Crippen molar-refractivity contribution in [3.8, 4) is 0 Å². The molecule has 25 heavy (non-hydrogen) atoms. The maximum atomic E-state index is 12.4. The maximum absolute atomic E-state index is 12.4. The molecular formula is C19H17N3O2S. The minimum atomic E-state index is -0.128. The number of carbonyl (C=O) groups excluding carboxylic acids is 1. The number of nitrogens with zero attached hydrogens (tertiary/aromatic N) is 2. The van der Waals surface area contributed by atoms with Gasteiger partial charge in [-0.3, -0.25) is 4.79 Å². The van der Waals surface area contributed by atoms with Crippen LogP contribution in [0.2, 0.25) is 0 Å². The molecule has 0 aliphatic carbocycles. The number of aromatic nitrogens is 2. The van der Waals surface area contributed by atoms with Crippen LogP contribution in [0.1, 0.15) is 28.5 Å². The molecule has 0 unspecified atom stereocenters. The molecule has 0 fully saturated rings. The monoisotopic (exact) mass is 351 g/mol. The van der Waals surface area contributed by atoms with Crippen molar-refractivity contribution < 1.29 is 9.32 Å². The molecule has 5 nitrogen and oxygen atoms in total. The number of thiophene rings is 1. The lowest BCUT2D eigenvalue weighted by Crippen LogP contribution is -2.25. The highest BCUT2D eigenvalue weighted by Gasteiger charge is 2.12. The van der Waals surface area contributed by atoms with Gasteiger partial charge < -0.3 is 9.84 Å². The third-order valence-corrected chi connectivity index (χ3v) is 5.25. The molecule has 3 heterocycles. The molecule has 1 amide bonds. The Hall–Kier alpha value is -2.73. The average molecular weight is 351 g/mol. The standard InChI is InChI=1S/C19H17N3O2S/c1-2-16-15-9-13(10-21-19(15)24-22-16)18(23)20-8-7-12-11-25-17-6-4-3-5-14(12)17/h3-6,9-11H,2,7-8H2,1H3,(H,20,23). The first-order valence-corrected chi connectivity index (χ1v) is 9.12. The molecule has 0 spiro atoms. The van der Waals surface area contributed by atoms with E-state index in [9.17, 15) is 4.79 Å². The van der Waals surface area contributed by atoms with Crippen LogP contribution < -0.4 is 5.32 Å². The van der Waals surface area contributed by atoms with Gasteiger partial charge in [-0.25, -0.2) is 4.98 Å². The summed E-state index contributed by atoms with van der Waals surface area (Å²) >= 11 is 1.74. The number of amides is 1. The average Bonchev–Trinajstić information content (AvgIpc) is 3.25. The highest BCUT2D eigenvalue weighted by atomic mass is 32.1. The van der Waals surface area contributed by atoms with Gasteiger partial charge in [0.25, 0.3) is 11.6 Å². The smallest absolute Gasteiger partial charge is 0.257 e. The first-order chi connectivity index (χ1) is 12.3. The van der Waals surface area contributed by atoms with E-state index in [0.717, 1.165) is 23.9 Å². The van der Waals surface area contributed by atoms with Crippen molar-refractivity contribution >= 4 is 38.4 Å². The highest BCUT2D eigenvalue weighted by molar-refractivity contribution is 7.17.